The van der Waals surface area contributed by atoms with Crippen LogP contribution < -0.4 is 15.0 Å². The maximum Gasteiger partial charge on any atom is 0.255 e. The molecule has 0 spiro atoms. The van der Waals surface area contributed by atoms with Gasteiger partial charge in [0.05, 0.1) is 23.4 Å². The summed E-state index contributed by atoms with van der Waals surface area (Å²) in [4.78, 5) is 16.9. The average molecular weight is 406 g/mol. The number of hydrogen-bond acceptors (Lipinski definition) is 4. The summed E-state index contributed by atoms with van der Waals surface area (Å²) in [5.74, 6) is 0.0626. The predicted molar refractivity (Wildman–Crippen MR) is 110 cm³/mol. The fraction of sp³-hybridized carbons (Fsp3) is 0.381. The second kappa shape index (κ2) is 8.80. The number of rotatable bonds is 6. The lowest BCUT2D eigenvalue weighted by atomic mass is 10.1. The van der Waals surface area contributed by atoms with Gasteiger partial charge in [-0.15, -0.1) is 0 Å². The highest BCUT2D eigenvalue weighted by Crippen LogP contribution is 2.32. The normalized spacial score (nSPS) is 16.8. The summed E-state index contributed by atoms with van der Waals surface area (Å²) in [5, 5.41) is 3.58. The molecule has 2 aromatic carbocycles. The van der Waals surface area contributed by atoms with Gasteiger partial charge in [0.1, 0.15) is 11.6 Å². The van der Waals surface area contributed by atoms with Crippen molar-refractivity contribution in [2.45, 2.75) is 19.0 Å². The van der Waals surface area contributed by atoms with Crippen LogP contribution in [0.15, 0.2) is 36.4 Å². The molecule has 1 aliphatic rings. The molecule has 3 rings (SSSR count). The van der Waals surface area contributed by atoms with Crippen molar-refractivity contribution in [2.24, 2.45) is 0 Å². The van der Waals surface area contributed by atoms with Crippen molar-refractivity contribution in [2.75, 3.05) is 39.2 Å². The van der Waals surface area contributed by atoms with E-state index in [0.717, 1.165) is 37.3 Å². The Morgan fingerprint density at radius 1 is 1.32 bits per heavy atom. The summed E-state index contributed by atoms with van der Waals surface area (Å²) in [6.07, 6.45) is 0.860. The summed E-state index contributed by atoms with van der Waals surface area (Å²) < 4.78 is 18.4. The second-order valence-electron chi connectivity index (χ2n) is 7.22. The number of methoxy groups -OCH3 is 1. The van der Waals surface area contributed by atoms with Crippen LogP contribution in [0.4, 0.5) is 10.1 Å². The molecule has 1 fully saturated rings. The van der Waals surface area contributed by atoms with Gasteiger partial charge in [0.25, 0.3) is 5.91 Å². The fourth-order valence-corrected chi connectivity index (χ4v) is 3.77. The molecule has 1 heterocycles. The van der Waals surface area contributed by atoms with Crippen LogP contribution in [0.1, 0.15) is 22.3 Å². The highest BCUT2D eigenvalue weighted by Gasteiger charge is 2.26. The van der Waals surface area contributed by atoms with E-state index in [9.17, 15) is 9.18 Å². The highest BCUT2D eigenvalue weighted by molar-refractivity contribution is 6.33. The van der Waals surface area contributed by atoms with Gasteiger partial charge in [-0.2, -0.15) is 0 Å². The Balaban J connectivity index is 1.64. The third-order valence-corrected chi connectivity index (χ3v) is 5.23. The Morgan fingerprint density at radius 2 is 2.04 bits per heavy atom. The number of hydrogen-bond donors (Lipinski definition) is 1. The summed E-state index contributed by atoms with van der Waals surface area (Å²) in [7, 11) is 5.31. The Labute approximate surface area is 170 Å². The van der Waals surface area contributed by atoms with Gasteiger partial charge in [-0.05, 0) is 30.2 Å². The molecule has 0 aliphatic carbocycles. The number of amides is 1. The van der Waals surface area contributed by atoms with E-state index < -0.39 is 0 Å². The van der Waals surface area contributed by atoms with Gasteiger partial charge in [-0.3, -0.25) is 9.69 Å². The number of halogens is 2. The Hall–Kier alpha value is -2.31. The minimum Gasteiger partial charge on any atom is -0.496 e. The number of anilines is 1. The van der Waals surface area contributed by atoms with Crippen LogP contribution >= 0.6 is 11.6 Å². The van der Waals surface area contributed by atoms with Gasteiger partial charge >= 0.3 is 0 Å². The molecule has 1 N–H and O–H groups in total. The van der Waals surface area contributed by atoms with Crippen LogP contribution in [0.25, 0.3) is 0 Å². The lowest BCUT2D eigenvalue weighted by Crippen LogP contribution is -2.37. The average Bonchev–Trinajstić information content (AvgIpc) is 3.09. The monoisotopic (exact) mass is 405 g/mol. The van der Waals surface area contributed by atoms with Crippen molar-refractivity contribution >= 4 is 23.2 Å². The first-order valence-electron chi connectivity index (χ1n) is 9.20. The molecule has 0 saturated carbocycles. The zero-order valence-corrected chi connectivity index (χ0v) is 17.1. The molecule has 1 saturated heterocycles. The molecule has 1 unspecified atom stereocenters. The number of benzene rings is 2. The number of carbonyl (C=O) groups is 1. The molecule has 0 aromatic heterocycles. The van der Waals surface area contributed by atoms with Gasteiger partial charge in [0.2, 0.25) is 0 Å². The quantitative estimate of drug-likeness (QED) is 0.798. The van der Waals surface area contributed by atoms with Crippen molar-refractivity contribution in [3.8, 4) is 5.75 Å². The van der Waals surface area contributed by atoms with E-state index in [2.05, 4.69) is 10.2 Å². The topological polar surface area (TPSA) is 44.8 Å². The molecule has 1 amide bonds. The summed E-state index contributed by atoms with van der Waals surface area (Å²) in [5.41, 5.74) is 2.28. The smallest absolute Gasteiger partial charge is 0.255 e. The van der Waals surface area contributed by atoms with Crippen LogP contribution in [0.2, 0.25) is 5.02 Å². The number of likely N-dealkylation sites (tertiary alicyclic amines) is 1. The van der Waals surface area contributed by atoms with Crippen LogP contribution in [0.3, 0.4) is 0 Å². The highest BCUT2D eigenvalue weighted by atomic mass is 35.5. The molecular weight excluding hydrogens is 381 g/mol. The minimum absolute atomic E-state index is 0.0463. The van der Waals surface area contributed by atoms with Gasteiger partial charge in [-0.25, -0.2) is 4.39 Å². The molecule has 0 radical (unpaired) electrons. The number of nitrogens with one attached hydrogen (secondary N) is 1. The first-order valence-corrected chi connectivity index (χ1v) is 9.57. The molecule has 5 nitrogen and oxygen atoms in total. The molecule has 1 aliphatic heterocycles. The fourth-order valence-electron chi connectivity index (χ4n) is 3.44. The van der Waals surface area contributed by atoms with E-state index in [1.54, 1.807) is 31.4 Å². The maximum absolute atomic E-state index is 13.0. The lowest BCUT2D eigenvalue weighted by Gasteiger charge is -2.19. The third-order valence-electron chi connectivity index (χ3n) is 4.92. The van der Waals surface area contributed by atoms with Gasteiger partial charge in [-0.1, -0.05) is 23.7 Å². The van der Waals surface area contributed by atoms with Gasteiger partial charge in [0, 0.05) is 45.8 Å². The first kappa shape index (κ1) is 20.4. The van der Waals surface area contributed by atoms with Crippen LogP contribution in [0, 0.1) is 5.82 Å². The van der Waals surface area contributed by atoms with E-state index in [1.165, 1.54) is 12.1 Å². The zero-order valence-electron chi connectivity index (χ0n) is 16.3. The molecule has 150 valence electrons. The van der Waals surface area contributed by atoms with Gasteiger partial charge in [0.15, 0.2) is 0 Å². The second-order valence-corrected chi connectivity index (χ2v) is 7.63. The number of nitrogens with zero attached hydrogens (tertiary/aromatic N) is 2. The van der Waals surface area contributed by atoms with Crippen LogP contribution in [-0.4, -0.2) is 51.1 Å². The largest absolute Gasteiger partial charge is 0.496 e. The van der Waals surface area contributed by atoms with E-state index in [1.807, 2.05) is 19.0 Å². The molecule has 2 aromatic rings. The van der Waals surface area contributed by atoms with Crippen molar-refractivity contribution < 1.29 is 13.9 Å². The van der Waals surface area contributed by atoms with Crippen molar-refractivity contribution in [3.05, 3.63) is 58.4 Å². The standard InChI is InChI=1S/C21H25ClFN3O2/c1-25(2)19-11-20(28-3)17(10-18(19)22)21(27)24-16-8-9-26(13-16)12-14-4-6-15(23)7-5-14/h4-7,10-11,16H,8-9,12-13H2,1-3H3,(H,24,27). The number of carbonyl (C=O) groups excluding carboxylic acids is 1. The molecule has 0 bridgehead atoms. The lowest BCUT2D eigenvalue weighted by molar-refractivity contribution is 0.0934. The predicted octanol–water partition coefficient (Wildman–Crippen LogP) is 3.56. The Bertz CT molecular complexity index is 842. The molecular formula is C21H25ClFN3O2. The molecule has 7 heteroatoms. The van der Waals surface area contributed by atoms with E-state index >= 15 is 0 Å². The third kappa shape index (κ3) is 4.75. The van der Waals surface area contributed by atoms with E-state index in [-0.39, 0.29) is 17.8 Å². The van der Waals surface area contributed by atoms with Gasteiger partial charge < -0.3 is 15.0 Å². The van der Waals surface area contributed by atoms with E-state index in [4.69, 9.17) is 16.3 Å². The molecule has 28 heavy (non-hydrogen) atoms. The van der Waals surface area contributed by atoms with E-state index in [0.29, 0.717) is 16.3 Å². The minimum atomic E-state index is -0.233. The Kier molecular flexibility index (Phi) is 6.42. The zero-order chi connectivity index (χ0) is 20.3. The Morgan fingerprint density at radius 3 is 2.68 bits per heavy atom. The van der Waals surface area contributed by atoms with Crippen molar-refractivity contribution in [1.29, 1.82) is 0 Å². The molecule has 1 atom stereocenters. The first-order chi connectivity index (χ1) is 13.4. The summed E-state index contributed by atoms with van der Waals surface area (Å²) in [6.45, 7) is 2.36. The van der Waals surface area contributed by atoms with Crippen LogP contribution in [-0.2, 0) is 6.54 Å². The van der Waals surface area contributed by atoms with Crippen molar-refractivity contribution in [3.63, 3.8) is 0 Å². The maximum atomic E-state index is 13.0. The van der Waals surface area contributed by atoms with Crippen LogP contribution in [0.5, 0.6) is 5.75 Å². The summed E-state index contributed by atoms with van der Waals surface area (Å²) in [6, 6.07) is 9.99. The van der Waals surface area contributed by atoms with Crippen molar-refractivity contribution in [1.82, 2.24) is 10.2 Å². The number of ether oxygens (including phenoxy) is 1. The summed E-state index contributed by atoms with van der Waals surface area (Å²) >= 11 is 6.33. The SMILES string of the molecule is COc1cc(N(C)C)c(Cl)cc1C(=O)NC1CCN(Cc2ccc(F)cc2)C1.